The van der Waals surface area contributed by atoms with Gasteiger partial charge >= 0.3 is 12.3 Å². The maximum atomic E-state index is 13.5. The van der Waals surface area contributed by atoms with Crippen molar-refractivity contribution in [3.63, 3.8) is 0 Å². The number of imide groups is 1. The lowest BCUT2D eigenvalue weighted by molar-refractivity contribution is -0.707. The van der Waals surface area contributed by atoms with Crippen LogP contribution < -0.4 is 4.72 Å². The SMILES string of the molecule is Cc1ccc(-c2cc(C(F)(F)F)nn2-c2ccc(S(=O)(=O)NC(=O)OCCCCCN(C)/[N+]([O-])=N/OC(C)N3C(=O)c4ccccc4C3=O)cc2)cc1. The van der Waals surface area contributed by atoms with Crippen LogP contribution in [0.25, 0.3) is 16.9 Å². The standard InChI is InChI=1S/C34H34F3N7O8S/c1-22-11-13-24(14-12-22)29-21-30(34(35,36)37)38-43(29)25-15-17-26(18-16-25)53(49,50)39-33(47)51-20-8-4-7-19-41(3)44(48)40-52-23(2)42-31(45)27-9-5-6-10-28(27)32(42)46/h5-6,9-18,21,23H,4,7-8,19-20H2,1-3H3,(H,39,47)/b44-40-. The second kappa shape index (κ2) is 15.7. The first-order valence-corrected chi connectivity index (χ1v) is 17.6. The first-order valence-electron chi connectivity index (χ1n) is 16.1. The molecule has 0 fully saturated rings. The first-order chi connectivity index (χ1) is 25.1. The Morgan fingerprint density at radius 1 is 1.00 bits per heavy atom. The van der Waals surface area contributed by atoms with E-state index in [0.717, 1.165) is 33.3 Å². The zero-order chi connectivity index (χ0) is 38.5. The smallest absolute Gasteiger partial charge is 0.435 e. The molecule has 1 atom stereocenters. The molecule has 19 heteroatoms. The Kier molecular flexibility index (Phi) is 11.3. The number of nitrogens with one attached hydrogen (secondary N) is 1. The van der Waals surface area contributed by atoms with Crippen LogP contribution in [-0.2, 0) is 25.8 Å². The van der Waals surface area contributed by atoms with Crippen molar-refractivity contribution in [2.45, 2.75) is 50.4 Å². The van der Waals surface area contributed by atoms with Crippen molar-refractivity contribution in [3.05, 3.63) is 106 Å². The van der Waals surface area contributed by atoms with Gasteiger partial charge in [0.1, 0.15) is 0 Å². The highest BCUT2D eigenvalue weighted by atomic mass is 32.2. The number of hydrogen-bond donors (Lipinski definition) is 1. The number of unbranched alkanes of at least 4 members (excludes halogenated alkanes) is 2. The summed E-state index contributed by atoms with van der Waals surface area (Å²) in [5.41, 5.74) is 1.00. The van der Waals surface area contributed by atoms with Crippen molar-refractivity contribution in [2.24, 2.45) is 5.28 Å². The van der Waals surface area contributed by atoms with Gasteiger partial charge in [0.05, 0.1) is 52.6 Å². The highest BCUT2D eigenvalue weighted by Crippen LogP contribution is 2.33. The molecular formula is C34H34F3N7O8S. The Labute approximate surface area is 301 Å². The molecular weight excluding hydrogens is 723 g/mol. The molecule has 2 heterocycles. The van der Waals surface area contributed by atoms with Crippen LogP contribution in [0.3, 0.4) is 0 Å². The van der Waals surface area contributed by atoms with Crippen molar-refractivity contribution in [3.8, 4) is 16.9 Å². The van der Waals surface area contributed by atoms with Crippen LogP contribution in [0.5, 0.6) is 0 Å². The number of benzene rings is 3. The zero-order valence-electron chi connectivity index (χ0n) is 28.6. The van der Waals surface area contributed by atoms with Crippen LogP contribution in [-0.4, -0.2) is 77.4 Å². The number of carbonyl (C=O) groups is 3. The molecule has 53 heavy (non-hydrogen) atoms. The van der Waals surface area contributed by atoms with Crippen LogP contribution in [0.1, 0.15) is 58.2 Å². The number of nitrogens with zero attached hydrogens (tertiary/aromatic N) is 6. The van der Waals surface area contributed by atoms with Gasteiger partial charge in [-0.2, -0.15) is 18.3 Å². The van der Waals surface area contributed by atoms with E-state index in [1.807, 2.05) is 6.92 Å². The summed E-state index contributed by atoms with van der Waals surface area (Å²) in [4.78, 5) is 43.1. The van der Waals surface area contributed by atoms with Gasteiger partial charge in [0.2, 0.25) is 11.5 Å². The maximum Gasteiger partial charge on any atom is 0.435 e. The molecule has 0 bridgehead atoms. The van der Waals surface area contributed by atoms with Crippen molar-refractivity contribution >= 4 is 27.9 Å². The summed E-state index contributed by atoms with van der Waals surface area (Å²) in [7, 11) is -2.96. The highest BCUT2D eigenvalue weighted by Gasteiger charge is 2.40. The summed E-state index contributed by atoms with van der Waals surface area (Å²) < 4.78 is 74.0. The van der Waals surface area contributed by atoms with Gasteiger partial charge in [0.25, 0.3) is 21.8 Å². The van der Waals surface area contributed by atoms with E-state index in [0.29, 0.717) is 24.8 Å². The Hall–Kier alpha value is -5.98. The largest absolute Gasteiger partial charge is 0.569 e. The average molecular weight is 758 g/mol. The van der Waals surface area contributed by atoms with E-state index >= 15 is 0 Å². The summed E-state index contributed by atoms with van der Waals surface area (Å²) in [6.45, 7) is 3.30. The molecule has 1 aliphatic rings. The number of rotatable bonds is 14. The molecule has 3 amide bonds. The molecule has 1 unspecified atom stereocenters. The molecule has 3 aromatic carbocycles. The number of alkyl halides is 3. The first kappa shape index (κ1) is 38.3. The quantitative estimate of drug-likeness (QED) is 0.0541. The summed E-state index contributed by atoms with van der Waals surface area (Å²) in [6, 6.07) is 18.7. The summed E-state index contributed by atoms with van der Waals surface area (Å²) in [5.74, 6) is -1.12. The second-order valence-corrected chi connectivity index (χ2v) is 13.6. The topological polar surface area (TPSA) is 179 Å². The number of aryl methyl sites for hydroxylation is 1. The summed E-state index contributed by atoms with van der Waals surface area (Å²) >= 11 is 0. The Bertz CT molecular complexity index is 2090. The number of aromatic nitrogens is 2. The van der Waals surface area contributed by atoms with Crippen LogP contribution in [0.2, 0.25) is 0 Å². The lowest BCUT2D eigenvalue weighted by atomic mass is 10.1. The van der Waals surface area contributed by atoms with Crippen molar-refractivity contribution in [2.75, 3.05) is 20.2 Å². The van der Waals surface area contributed by atoms with Crippen LogP contribution in [0.4, 0.5) is 18.0 Å². The number of fused-ring (bicyclic) bond motifs is 1. The zero-order valence-corrected chi connectivity index (χ0v) is 29.4. The van der Waals surface area contributed by atoms with Crippen molar-refractivity contribution in [1.29, 1.82) is 0 Å². The molecule has 0 aliphatic carbocycles. The minimum atomic E-state index is -4.71. The van der Waals surface area contributed by atoms with Gasteiger partial charge in [0.15, 0.2) is 5.69 Å². The Balaban J connectivity index is 1.06. The third kappa shape index (κ3) is 8.91. The predicted molar refractivity (Wildman–Crippen MR) is 180 cm³/mol. The third-order valence-corrected chi connectivity index (χ3v) is 9.39. The molecule has 1 aliphatic heterocycles. The molecule has 15 nitrogen and oxygen atoms in total. The van der Waals surface area contributed by atoms with Gasteiger partial charge in [-0.15, -0.1) is 5.01 Å². The molecule has 4 aromatic rings. The lowest BCUT2D eigenvalue weighted by Gasteiger charge is -2.19. The Morgan fingerprint density at radius 2 is 1.62 bits per heavy atom. The van der Waals surface area contributed by atoms with Crippen LogP contribution >= 0.6 is 0 Å². The van der Waals surface area contributed by atoms with Gasteiger partial charge in [-0.3, -0.25) is 9.59 Å². The van der Waals surface area contributed by atoms with Gasteiger partial charge < -0.3 is 14.8 Å². The fourth-order valence-corrected chi connectivity index (χ4v) is 6.13. The third-order valence-electron chi connectivity index (χ3n) is 8.07. The van der Waals surface area contributed by atoms with Gasteiger partial charge in [-0.1, -0.05) is 42.0 Å². The van der Waals surface area contributed by atoms with E-state index in [4.69, 9.17) is 9.57 Å². The van der Waals surface area contributed by atoms with Crippen LogP contribution in [0, 0.1) is 12.1 Å². The predicted octanol–water partition coefficient (Wildman–Crippen LogP) is 5.83. The molecule has 0 spiro atoms. The number of sulfonamides is 1. The molecule has 0 saturated carbocycles. The van der Waals surface area contributed by atoms with E-state index < -0.39 is 46.0 Å². The maximum absolute atomic E-state index is 13.5. The fourth-order valence-electron chi connectivity index (χ4n) is 5.24. The molecule has 280 valence electrons. The van der Waals surface area contributed by atoms with Gasteiger partial charge in [-0.05, 0) is 75.6 Å². The molecule has 1 aromatic heterocycles. The average Bonchev–Trinajstić information content (AvgIpc) is 3.68. The number of amides is 3. The number of hydrazine groups is 1. The summed E-state index contributed by atoms with van der Waals surface area (Å²) in [6.07, 6.45) is -5.85. The number of ether oxygens (including phenoxy) is 1. The van der Waals surface area contributed by atoms with E-state index in [1.165, 1.54) is 43.2 Å². The number of halogens is 3. The molecule has 5 rings (SSSR count). The van der Waals surface area contributed by atoms with Crippen molar-refractivity contribution in [1.82, 2.24) is 24.4 Å². The lowest BCUT2D eigenvalue weighted by Crippen LogP contribution is -2.39. The number of hydrogen-bond acceptors (Lipinski definition) is 10. The molecule has 1 N–H and O–H groups in total. The molecule has 0 saturated heterocycles. The molecule has 0 radical (unpaired) electrons. The van der Waals surface area contributed by atoms with Gasteiger partial charge in [-0.25, -0.2) is 27.5 Å². The highest BCUT2D eigenvalue weighted by molar-refractivity contribution is 7.90. The van der Waals surface area contributed by atoms with E-state index in [9.17, 15) is 41.2 Å². The second-order valence-electron chi connectivity index (χ2n) is 11.9. The summed E-state index contributed by atoms with van der Waals surface area (Å²) in [5, 5.41) is 20.6. The van der Waals surface area contributed by atoms with Gasteiger partial charge in [0, 0.05) is 5.56 Å². The number of carbonyl (C=O) groups excluding carboxylic acids is 3. The Morgan fingerprint density at radius 3 is 2.23 bits per heavy atom. The van der Waals surface area contributed by atoms with E-state index in [2.05, 4.69) is 10.4 Å². The van der Waals surface area contributed by atoms with E-state index in [-0.39, 0.29) is 45.5 Å². The van der Waals surface area contributed by atoms with Crippen LogP contribution in [0.15, 0.2) is 89.0 Å². The monoisotopic (exact) mass is 757 g/mol. The minimum Gasteiger partial charge on any atom is -0.569 e. The fraction of sp³-hybridized carbons (Fsp3) is 0.294. The normalized spacial score (nSPS) is 13.8. The minimum absolute atomic E-state index is 0.140. The van der Waals surface area contributed by atoms with E-state index in [1.54, 1.807) is 41.1 Å². The van der Waals surface area contributed by atoms with Crippen molar-refractivity contribution < 1.29 is 50.5 Å².